The molecular weight excluding hydrogens is 392 g/mol. The summed E-state index contributed by atoms with van der Waals surface area (Å²) < 4.78 is 24.4. The van der Waals surface area contributed by atoms with E-state index in [2.05, 4.69) is 22.4 Å². The Kier molecular flexibility index (Phi) is 6.26. The van der Waals surface area contributed by atoms with Crippen LogP contribution in [0.1, 0.15) is 28.5 Å². The van der Waals surface area contributed by atoms with Gasteiger partial charge in [0.2, 0.25) is 0 Å². The van der Waals surface area contributed by atoms with Crippen molar-refractivity contribution >= 4 is 27.1 Å². The summed E-state index contributed by atoms with van der Waals surface area (Å²) in [6.07, 6.45) is 0.580. The van der Waals surface area contributed by atoms with Crippen LogP contribution in [0.25, 0.3) is 10.6 Å². The Labute approximate surface area is 169 Å². The molecule has 0 aliphatic rings. The number of carbonyl (C=O) groups excluding carboxylic acids is 1. The van der Waals surface area contributed by atoms with Gasteiger partial charge in [0.05, 0.1) is 21.9 Å². The lowest BCUT2D eigenvalue weighted by molar-refractivity contribution is 0.0951. The quantitative estimate of drug-likeness (QED) is 0.636. The van der Waals surface area contributed by atoms with Gasteiger partial charge in [0, 0.05) is 23.9 Å². The van der Waals surface area contributed by atoms with Gasteiger partial charge < -0.3 is 5.32 Å². The predicted molar refractivity (Wildman–Crippen MR) is 112 cm³/mol. The van der Waals surface area contributed by atoms with E-state index in [1.165, 1.54) is 17.7 Å². The minimum Gasteiger partial charge on any atom is -0.352 e. The normalized spacial score (nSPS) is 11.4. The number of thiazole rings is 1. The maximum absolute atomic E-state index is 12.5. The summed E-state index contributed by atoms with van der Waals surface area (Å²) in [5, 5.41) is 5.73. The highest BCUT2D eigenvalue weighted by molar-refractivity contribution is 7.91. The number of amides is 1. The first kappa shape index (κ1) is 20.2. The van der Waals surface area contributed by atoms with E-state index in [1.54, 1.807) is 30.4 Å². The first-order valence-electron chi connectivity index (χ1n) is 9.02. The van der Waals surface area contributed by atoms with Crippen LogP contribution in [0.15, 0.2) is 58.8 Å². The molecule has 0 aliphatic heterocycles. The molecule has 5 nitrogen and oxygen atoms in total. The average molecular weight is 415 g/mol. The Bertz CT molecular complexity index is 1070. The maximum Gasteiger partial charge on any atom is 0.252 e. The lowest BCUT2D eigenvalue weighted by atomic mass is 10.2. The number of hydrogen-bond acceptors (Lipinski definition) is 5. The van der Waals surface area contributed by atoms with Crippen LogP contribution in [0.4, 0.5) is 0 Å². The number of carbonyl (C=O) groups is 1. The van der Waals surface area contributed by atoms with Gasteiger partial charge in [0.15, 0.2) is 9.84 Å². The number of benzene rings is 2. The van der Waals surface area contributed by atoms with E-state index in [4.69, 9.17) is 0 Å². The second-order valence-corrected chi connectivity index (χ2v) is 9.52. The minimum atomic E-state index is -3.45. The van der Waals surface area contributed by atoms with Crippen molar-refractivity contribution in [3.63, 3.8) is 0 Å². The fourth-order valence-corrected chi connectivity index (χ4v) is 4.68. The molecule has 1 amide bonds. The zero-order chi connectivity index (χ0) is 20.1. The molecule has 0 spiro atoms. The smallest absolute Gasteiger partial charge is 0.252 e. The molecule has 146 valence electrons. The third-order valence-corrected chi connectivity index (χ3v) is 7.09. The molecule has 1 heterocycles. The molecule has 3 aromatic rings. The highest BCUT2D eigenvalue weighted by Gasteiger charge is 2.20. The average Bonchev–Trinajstić information content (AvgIpc) is 3.17. The number of aromatic nitrogens is 1. The number of rotatable bonds is 7. The van der Waals surface area contributed by atoms with Gasteiger partial charge >= 0.3 is 0 Å². The molecule has 0 aliphatic carbocycles. The molecule has 0 atom stereocenters. The van der Waals surface area contributed by atoms with Gasteiger partial charge in [-0.3, -0.25) is 4.79 Å². The molecular formula is C21H22N2O3S2. The molecule has 28 heavy (non-hydrogen) atoms. The molecule has 0 radical (unpaired) electrons. The SMILES string of the molecule is CCS(=O)(=O)c1ccccc1C(=O)NCCc1csc(-c2ccc(C)cc2)n1. The first-order valence-corrected chi connectivity index (χ1v) is 11.6. The van der Waals surface area contributed by atoms with Crippen molar-refractivity contribution < 1.29 is 13.2 Å². The van der Waals surface area contributed by atoms with E-state index in [1.807, 2.05) is 24.4 Å². The number of hydrogen-bond donors (Lipinski definition) is 1. The number of aryl methyl sites for hydroxylation is 1. The van der Waals surface area contributed by atoms with E-state index < -0.39 is 9.84 Å². The van der Waals surface area contributed by atoms with E-state index in [-0.39, 0.29) is 22.1 Å². The van der Waals surface area contributed by atoms with Gasteiger partial charge in [-0.25, -0.2) is 13.4 Å². The van der Waals surface area contributed by atoms with E-state index in [0.717, 1.165) is 16.3 Å². The van der Waals surface area contributed by atoms with Gasteiger partial charge in [-0.2, -0.15) is 0 Å². The third kappa shape index (κ3) is 4.66. The summed E-state index contributed by atoms with van der Waals surface area (Å²) in [6, 6.07) is 14.5. The Morgan fingerprint density at radius 2 is 1.82 bits per heavy atom. The Hall–Kier alpha value is -2.51. The van der Waals surface area contributed by atoms with Crippen LogP contribution in [0.2, 0.25) is 0 Å². The fraction of sp³-hybridized carbons (Fsp3) is 0.238. The molecule has 1 N–H and O–H groups in total. The molecule has 0 bridgehead atoms. The van der Waals surface area contributed by atoms with Gasteiger partial charge in [0.25, 0.3) is 5.91 Å². The summed E-state index contributed by atoms with van der Waals surface area (Å²) in [4.78, 5) is 17.2. The van der Waals surface area contributed by atoms with Gasteiger partial charge in [-0.1, -0.05) is 48.9 Å². The molecule has 0 saturated carbocycles. The van der Waals surface area contributed by atoms with Crippen molar-refractivity contribution in [3.8, 4) is 10.6 Å². The van der Waals surface area contributed by atoms with E-state index in [9.17, 15) is 13.2 Å². The monoisotopic (exact) mass is 414 g/mol. The zero-order valence-electron chi connectivity index (χ0n) is 15.8. The highest BCUT2D eigenvalue weighted by Crippen LogP contribution is 2.24. The van der Waals surface area contributed by atoms with Crippen LogP contribution < -0.4 is 5.32 Å². The summed E-state index contributed by atoms with van der Waals surface area (Å²) in [5.41, 5.74) is 3.36. The maximum atomic E-state index is 12.5. The molecule has 0 saturated heterocycles. The van der Waals surface area contributed by atoms with Crippen molar-refractivity contribution in [2.45, 2.75) is 25.2 Å². The van der Waals surface area contributed by atoms with Crippen molar-refractivity contribution in [2.75, 3.05) is 12.3 Å². The Morgan fingerprint density at radius 1 is 1.11 bits per heavy atom. The number of nitrogens with one attached hydrogen (secondary N) is 1. The lowest BCUT2D eigenvalue weighted by Crippen LogP contribution is -2.27. The molecule has 2 aromatic carbocycles. The molecule has 0 unspecified atom stereocenters. The van der Waals surface area contributed by atoms with Crippen molar-refractivity contribution in [3.05, 3.63) is 70.7 Å². The van der Waals surface area contributed by atoms with Gasteiger partial charge in [-0.15, -0.1) is 11.3 Å². The summed E-state index contributed by atoms with van der Waals surface area (Å²) in [6.45, 7) is 4.00. The van der Waals surface area contributed by atoms with Crippen molar-refractivity contribution in [1.82, 2.24) is 10.3 Å². The Morgan fingerprint density at radius 3 is 2.54 bits per heavy atom. The molecule has 0 fully saturated rings. The minimum absolute atomic E-state index is 0.0437. The molecule has 3 rings (SSSR count). The van der Waals surface area contributed by atoms with E-state index in [0.29, 0.717) is 13.0 Å². The lowest BCUT2D eigenvalue weighted by Gasteiger charge is -2.09. The van der Waals surface area contributed by atoms with Crippen LogP contribution in [0, 0.1) is 6.92 Å². The van der Waals surface area contributed by atoms with Crippen LogP contribution in [0.3, 0.4) is 0 Å². The highest BCUT2D eigenvalue weighted by atomic mass is 32.2. The van der Waals surface area contributed by atoms with Crippen LogP contribution >= 0.6 is 11.3 Å². The van der Waals surface area contributed by atoms with Crippen molar-refractivity contribution in [2.24, 2.45) is 0 Å². The summed E-state index contributed by atoms with van der Waals surface area (Å²) >= 11 is 1.57. The number of nitrogens with zero attached hydrogens (tertiary/aromatic N) is 1. The summed E-state index contributed by atoms with van der Waals surface area (Å²) in [5.74, 6) is -0.431. The van der Waals surface area contributed by atoms with Crippen molar-refractivity contribution in [1.29, 1.82) is 0 Å². The largest absolute Gasteiger partial charge is 0.352 e. The second kappa shape index (κ2) is 8.67. The standard InChI is InChI=1S/C21H22N2O3S2/c1-3-28(25,26)19-7-5-4-6-18(19)20(24)22-13-12-17-14-27-21(23-17)16-10-8-15(2)9-11-16/h4-11,14H,3,12-13H2,1-2H3,(H,22,24). The first-order chi connectivity index (χ1) is 13.4. The topological polar surface area (TPSA) is 76.1 Å². The molecule has 7 heteroatoms. The Balaban J connectivity index is 1.63. The molecule has 1 aromatic heterocycles. The second-order valence-electron chi connectivity index (χ2n) is 6.42. The fourth-order valence-electron chi connectivity index (χ4n) is 2.73. The third-order valence-electron chi connectivity index (χ3n) is 4.36. The predicted octanol–water partition coefficient (Wildman–Crippen LogP) is 3.88. The summed E-state index contributed by atoms with van der Waals surface area (Å²) in [7, 11) is -3.45. The van der Waals surface area contributed by atoms with E-state index >= 15 is 0 Å². The van der Waals surface area contributed by atoms with Crippen LogP contribution in [-0.4, -0.2) is 31.6 Å². The van der Waals surface area contributed by atoms with Gasteiger partial charge in [0.1, 0.15) is 5.01 Å². The van der Waals surface area contributed by atoms with Gasteiger partial charge in [-0.05, 0) is 19.1 Å². The van der Waals surface area contributed by atoms with Crippen LogP contribution in [-0.2, 0) is 16.3 Å². The number of sulfone groups is 1. The van der Waals surface area contributed by atoms with Crippen LogP contribution in [0.5, 0.6) is 0 Å². The zero-order valence-corrected chi connectivity index (χ0v) is 17.4.